The predicted molar refractivity (Wildman–Crippen MR) is 116 cm³/mol. The first-order valence-electron chi connectivity index (χ1n) is 8.94. The van der Waals surface area contributed by atoms with Crippen LogP contribution in [0, 0.1) is 0 Å². The molecule has 4 heterocycles. The number of nitrogens with two attached hydrogens (primary N) is 1. The van der Waals surface area contributed by atoms with Crippen molar-refractivity contribution in [2.45, 2.75) is 11.4 Å². The zero-order valence-corrected chi connectivity index (χ0v) is 18.5. The number of carbonyl (C=O) groups is 4. The number of aliphatic carboxylic acids is 1. The van der Waals surface area contributed by atoms with Crippen LogP contribution in [0.3, 0.4) is 0 Å². The first-order chi connectivity index (χ1) is 15.3. The van der Waals surface area contributed by atoms with E-state index in [1.54, 1.807) is 0 Å². The summed E-state index contributed by atoms with van der Waals surface area (Å²) in [6, 6.07) is -0.993. The summed E-state index contributed by atoms with van der Waals surface area (Å²) in [6.07, 6.45) is 1.35. The SMILES string of the molecule is Nc1nc(/C(=N/O)C(=O)N[C@@H]2C(=O)N3C(C(=O)O)=C(CSC4=CC(=O)OC4)CS[C@H]23)cs1. The number of aromatic nitrogens is 1. The molecule has 1 saturated heterocycles. The normalized spacial score (nSPS) is 22.8. The van der Waals surface area contributed by atoms with Gasteiger partial charge < -0.3 is 26.1 Å². The van der Waals surface area contributed by atoms with Crippen LogP contribution in [0.1, 0.15) is 5.69 Å². The maximum atomic E-state index is 12.7. The van der Waals surface area contributed by atoms with Crippen LogP contribution in [0.25, 0.3) is 0 Å². The summed E-state index contributed by atoms with van der Waals surface area (Å²) < 4.78 is 4.83. The van der Waals surface area contributed by atoms with E-state index in [0.29, 0.717) is 16.2 Å². The number of esters is 1. The number of carbonyl (C=O) groups excluding carboxylic acids is 3. The largest absolute Gasteiger partial charge is 0.477 e. The van der Waals surface area contributed by atoms with E-state index in [1.165, 1.54) is 35.0 Å². The smallest absolute Gasteiger partial charge is 0.352 e. The lowest BCUT2D eigenvalue weighted by Gasteiger charge is -2.49. The van der Waals surface area contributed by atoms with E-state index in [-0.39, 0.29) is 28.9 Å². The number of carboxylic acids is 1. The van der Waals surface area contributed by atoms with Gasteiger partial charge in [-0.05, 0) is 5.57 Å². The fourth-order valence-corrected chi connectivity index (χ4v) is 6.18. The molecule has 0 bridgehead atoms. The van der Waals surface area contributed by atoms with Crippen molar-refractivity contribution in [2.75, 3.05) is 23.8 Å². The number of thiazole rings is 1. The number of hydrogen-bond donors (Lipinski definition) is 4. The Balaban J connectivity index is 1.47. The fourth-order valence-electron chi connectivity index (χ4n) is 3.23. The molecule has 0 saturated carbocycles. The molecular formula is C17H15N5O7S3. The monoisotopic (exact) mass is 497 g/mol. The van der Waals surface area contributed by atoms with Crippen LogP contribution in [0.4, 0.5) is 5.13 Å². The van der Waals surface area contributed by atoms with Gasteiger partial charge in [0, 0.05) is 27.9 Å². The molecular weight excluding hydrogens is 482 g/mol. The molecule has 4 rings (SSSR count). The standard InChI is InChI=1S/C17H15N5O7S3/c18-17-19-8(5-32-17)10(21-28)13(24)20-11-14(25)22-12(16(26)27)6(4-31-15(11)22)3-30-7-1-9(23)29-2-7/h1,5,11,15,28H,2-4H2,(H2,18,19)(H,20,24)(H,26,27)/b21-10-/t11-,15-/m1/s1. The van der Waals surface area contributed by atoms with Crippen molar-refractivity contribution in [3.8, 4) is 0 Å². The Morgan fingerprint density at radius 1 is 1.44 bits per heavy atom. The number of β-lactam (4-membered cyclic amide) rings is 1. The average Bonchev–Trinajstić information content (AvgIpc) is 3.38. The third-order valence-electron chi connectivity index (χ3n) is 4.68. The highest BCUT2D eigenvalue weighted by Crippen LogP contribution is 2.41. The number of oxime groups is 1. The van der Waals surface area contributed by atoms with Crippen molar-refractivity contribution < 1.29 is 34.2 Å². The minimum Gasteiger partial charge on any atom is -0.477 e. The summed E-state index contributed by atoms with van der Waals surface area (Å²) in [7, 11) is 0. The lowest BCUT2D eigenvalue weighted by Crippen LogP contribution is -2.71. The first-order valence-corrected chi connectivity index (χ1v) is 11.9. The highest BCUT2D eigenvalue weighted by atomic mass is 32.2. The number of nitrogen functional groups attached to an aromatic ring is 1. The zero-order chi connectivity index (χ0) is 23.0. The van der Waals surface area contributed by atoms with Gasteiger partial charge in [0.15, 0.2) is 10.8 Å². The second kappa shape index (κ2) is 8.84. The molecule has 0 aromatic carbocycles. The Morgan fingerprint density at radius 3 is 2.81 bits per heavy atom. The number of rotatable bonds is 7. The van der Waals surface area contributed by atoms with Gasteiger partial charge in [-0.1, -0.05) is 5.16 Å². The van der Waals surface area contributed by atoms with Gasteiger partial charge in [-0.25, -0.2) is 14.6 Å². The molecule has 0 spiro atoms. The second-order valence-corrected chi connectivity index (χ2v) is 9.74. The number of cyclic esters (lactones) is 1. The van der Waals surface area contributed by atoms with E-state index in [9.17, 15) is 29.5 Å². The number of nitrogens with one attached hydrogen (secondary N) is 1. The third kappa shape index (κ3) is 4.05. The molecule has 2 amide bonds. The Labute approximate surface area is 192 Å². The van der Waals surface area contributed by atoms with E-state index < -0.39 is 40.9 Å². The van der Waals surface area contributed by atoms with Gasteiger partial charge in [-0.15, -0.1) is 34.9 Å². The minimum absolute atomic E-state index is 0.0570. The number of nitrogens with zero attached hydrogens (tertiary/aromatic N) is 3. The number of hydrogen-bond acceptors (Lipinski definition) is 12. The van der Waals surface area contributed by atoms with E-state index in [4.69, 9.17) is 10.5 Å². The topological polar surface area (TPSA) is 185 Å². The van der Waals surface area contributed by atoms with Crippen LogP contribution in [0.15, 0.2) is 32.8 Å². The van der Waals surface area contributed by atoms with Gasteiger partial charge in [-0.2, -0.15) is 0 Å². The van der Waals surface area contributed by atoms with E-state index in [1.807, 2.05) is 0 Å². The van der Waals surface area contributed by atoms with Gasteiger partial charge in [-0.3, -0.25) is 14.5 Å². The molecule has 1 aromatic heterocycles. The van der Waals surface area contributed by atoms with E-state index in [2.05, 4.69) is 15.5 Å². The molecule has 0 aliphatic carbocycles. The second-order valence-electron chi connectivity index (χ2n) is 6.64. The maximum absolute atomic E-state index is 12.7. The highest BCUT2D eigenvalue weighted by Gasteiger charge is 2.54. The van der Waals surface area contributed by atoms with Crippen molar-refractivity contribution in [2.24, 2.45) is 5.16 Å². The summed E-state index contributed by atoms with van der Waals surface area (Å²) in [5.41, 5.74) is 5.58. The Hall–Kier alpha value is -3.04. The van der Waals surface area contributed by atoms with E-state index >= 15 is 0 Å². The van der Waals surface area contributed by atoms with Crippen molar-refractivity contribution in [1.82, 2.24) is 15.2 Å². The molecule has 0 radical (unpaired) electrons. The van der Waals surface area contributed by atoms with E-state index in [0.717, 1.165) is 16.2 Å². The van der Waals surface area contributed by atoms with Crippen LogP contribution in [-0.4, -0.2) is 79.2 Å². The quantitative estimate of drug-likeness (QED) is 0.129. The average molecular weight is 498 g/mol. The number of amides is 2. The highest BCUT2D eigenvalue weighted by molar-refractivity contribution is 8.03. The zero-order valence-electron chi connectivity index (χ0n) is 16.0. The van der Waals surface area contributed by atoms with Gasteiger partial charge in [0.2, 0.25) is 0 Å². The number of ether oxygens (including phenoxy) is 1. The van der Waals surface area contributed by atoms with Crippen LogP contribution in [-0.2, 0) is 23.9 Å². The molecule has 12 nitrogen and oxygen atoms in total. The number of fused-ring (bicyclic) bond motifs is 1. The summed E-state index contributed by atoms with van der Waals surface area (Å²) in [4.78, 5) is 54.0. The first kappa shape index (κ1) is 22.2. The lowest BCUT2D eigenvalue weighted by atomic mass is 10.0. The molecule has 1 aromatic rings. The van der Waals surface area contributed by atoms with Gasteiger partial charge in [0.05, 0.1) is 0 Å². The molecule has 15 heteroatoms. The summed E-state index contributed by atoms with van der Waals surface area (Å²) in [5.74, 6) is -2.54. The Bertz CT molecular complexity index is 1110. The summed E-state index contributed by atoms with van der Waals surface area (Å²) in [6.45, 7) is 0.144. The molecule has 1 fully saturated rings. The fraction of sp³-hybridized carbons (Fsp3) is 0.294. The molecule has 3 aliphatic heterocycles. The number of carboxylic acid groups (broad SMARTS) is 1. The Kier molecular flexibility index (Phi) is 6.12. The van der Waals surface area contributed by atoms with Crippen molar-refractivity contribution in [3.05, 3.63) is 33.3 Å². The van der Waals surface area contributed by atoms with Crippen molar-refractivity contribution in [1.29, 1.82) is 0 Å². The lowest BCUT2D eigenvalue weighted by molar-refractivity contribution is -0.150. The summed E-state index contributed by atoms with van der Waals surface area (Å²) in [5, 5.41) is 25.3. The van der Waals surface area contributed by atoms with Gasteiger partial charge in [0.25, 0.3) is 11.8 Å². The minimum atomic E-state index is -1.26. The van der Waals surface area contributed by atoms with Gasteiger partial charge >= 0.3 is 11.9 Å². The Morgan fingerprint density at radius 2 is 2.22 bits per heavy atom. The maximum Gasteiger partial charge on any atom is 0.352 e. The molecule has 3 aliphatic rings. The predicted octanol–water partition coefficient (Wildman–Crippen LogP) is -0.184. The summed E-state index contributed by atoms with van der Waals surface area (Å²) >= 11 is 3.63. The van der Waals surface area contributed by atoms with Crippen LogP contribution in [0.2, 0.25) is 0 Å². The van der Waals surface area contributed by atoms with Crippen molar-refractivity contribution >= 4 is 69.5 Å². The van der Waals surface area contributed by atoms with Crippen LogP contribution < -0.4 is 11.1 Å². The molecule has 168 valence electrons. The van der Waals surface area contributed by atoms with Crippen LogP contribution >= 0.6 is 34.9 Å². The van der Waals surface area contributed by atoms with Crippen LogP contribution in [0.5, 0.6) is 0 Å². The number of anilines is 1. The van der Waals surface area contributed by atoms with Crippen molar-refractivity contribution in [3.63, 3.8) is 0 Å². The molecule has 2 atom stereocenters. The molecule has 0 unspecified atom stereocenters. The van der Waals surface area contributed by atoms with Gasteiger partial charge in [0.1, 0.15) is 29.4 Å². The molecule has 32 heavy (non-hydrogen) atoms. The number of thioether (sulfide) groups is 2. The third-order valence-corrected chi connectivity index (χ3v) is 7.80. The molecule has 5 N–H and O–H groups in total.